The van der Waals surface area contributed by atoms with Crippen LogP contribution in [0, 0.1) is 26.5 Å². The number of anilines is 1. The van der Waals surface area contributed by atoms with Gasteiger partial charge >= 0.3 is 0 Å². The third-order valence-electron chi connectivity index (χ3n) is 2.52. The molecule has 1 amide bonds. The van der Waals surface area contributed by atoms with E-state index in [1.54, 1.807) is 6.07 Å². The van der Waals surface area contributed by atoms with Gasteiger partial charge < -0.3 is 5.32 Å². The lowest BCUT2D eigenvalue weighted by molar-refractivity contribution is 0.102. The predicted octanol–water partition coefficient (Wildman–Crippen LogP) is 3.69. The van der Waals surface area contributed by atoms with E-state index < -0.39 is 17.5 Å². The summed E-state index contributed by atoms with van der Waals surface area (Å²) >= 11 is 1.83. The van der Waals surface area contributed by atoms with Crippen molar-refractivity contribution >= 4 is 34.2 Å². The largest absolute Gasteiger partial charge is 0.319 e. The molecule has 0 bridgehead atoms. The molecule has 0 aliphatic carbocycles. The number of carbonyl (C=O) groups excluding carboxylic acids is 1. The van der Waals surface area contributed by atoms with Crippen molar-refractivity contribution in [3.63, 3.8) is 0 Å². The minimum absolute atomic E-state index is 0.0332. The number of amides is 1. The van der Waals surface area contributed by atoms with Crippen molar-refractivity contribution < 1.29 is 13.6 Å². The topological polar surface area (TPSA) is 52.9 Å². The molecule has 0 radical (unpaired) electrons. The highest BCUT2D eigenvalue weighted by atomic mass is 127. The normalized spacial score (nSPS) is 9.90. The molecule has 3 nitrogen and oxygen atoms in total. The SMILES string of the molecule is N#Cc1ccc(NC(=O)c2ccc(F)cc2I)c(F)c1. The van der Waals surface area contributed by atoms with Gasteiger partial charge in [-0.25, -0.2) is 8.78 Å². The van der Waals surface area contributed by atoms with Gasteiger partial charge in [0.25, 0.3) is 5.91 Å². The zero-order valence-electron chi connectivity index (χ0n) is 9.95. The molecular weight excluding hydrogens is 377 g/mol. The van der Waals surface area contributed by atoms with Gasteiger partial charge in [0.2, 0.25) is 0 Å². The van der Waals surface area contributed by atoms with Gasteiger partial charge in [-0.2, -0.15) is 5.26 Å². The van der Waals surface area contributed by atoms with Crippen molar-refractivity contribution in [1.29, 1.82) is 5.26 Å². The van der Waals surface area contributed by atoms with Crippen LogP contribution in [0.1, 0.15) is 15.9 Å². The van der Waals surface area contributed by atoms with Crippen molar-refractivity contribution in [3.8, 4) is 6.07 Å². The van der Waals surface area contributed by atoms with Crippen LogP contribution >= 0.6 is 22.6 Å². The number of nitrogens with one attached hydrogen (secondary N) is 1. The number of hydrogen-bond acceptors (Lipinski definition) is 2. The zero-order valence-corrected chi connectivity index (χ0v) is 12.1. The highest BCUT2D eigenvalue weighted by Crippen LogP contribution is 2.19. The van der Waals surface area contributed by atoms with Gasteiger partial charge in [0.15, 0.2) is 0 Å². The van der Waals surface area contributed by atoms with E-state index in [-0.39, 0.29) is 16.8 Å². The maximum absolute atomic E-state index is 13.7. The third-order valence-corrected chi connectivity index (χ3v) is 3.41. The van der Waals surface area contributed by atoms with E-state index in [0.29, 0.717) is 3.57 Å². The van der Waals surface area contributed by atoms with E-state index in [1.807, 2.05) is 22.6 Å². The molecular formula is C14H7F2IN2O. The van der Waals surface area contributed by atoms with Crippen molar-refractivity contribution in [1.82, 2.24) is 0 Å². The van der Waals surface area contributed by atoms with Gasteiger partial charge in [0.1, 0.15) is 11.6 Å². The van der Waals surface area contributed by atoms with E-state index in [9.17, 15) is 13.6 Å². The molecule has 0 aliphatic heterocycles. The summed E-state index contributed by atoms with van der Waals surface area (Å²) < 4.78 is 27.0. The van der Waals surface area contributed by atoms with Gasteiger partial charge in [-0.05, 0) is 59.0 Å². The first kappa shape index (κ1) is 14.4. The monoisotopic (exact) mass is 384 g/mol. The zero-order chi connectivity index (χ0) is 14.7. The smallest absolute Gasteiger partial charge is 0.256 e. The Kier molecular flexibility index (Phi) is 4.29. The number of nitrogens with zero attached hydrogens (tertiary/aromatic N) is 1. The van der Waals surface area contributed by atoms with E-state index in [1.165, 1.54) is 24.3 Å². The Morgan fingerprint density at radius 3 is 2.55 bits per heavy atom. The fourth-order valence-electron chi connectivity index (χ4n) is 1.55. The molecule has 1 N–H and O–H groups in total. The Morgan fingerprint density at radius 1 is 1.20 bits per heavy atom. The molecule has 0 fully saturated rings. The first-order valence-corrected chi connectivity index (χ1v) is 6.55. The standard InChI is InChI=1S/C14H7F2IN2O/c15-9-2-3-10(12(17)6-9)14(20)19-13-4-1-8(7-18)5-11(13)16/h1-6H,(H,19,20). The Bertz CT molecular complexity index is 726. The van der Waals surface area contributed by atoms with Gasteiger partial charge in [-0.1, -0.05) is 0 Å². The Labute approximate surface area is 127 Å². The maximum atomic E-state index is 13.7. The molecule has 0 heterocycles. The van der Waals surface area contributed by atoms with Crippen LogP contribution in [0.4, 0.5) is 14.5 Å². The Balaban J connectivity index is 2.26. The van der Waals surface area contributed by atoms with Crippen LogP contribution in [0.25, 0.3) is 0 Å². The average molecular weight is 384 g/mol. The molecule has 6 heteroatoms. The van der Waals surface area contributed by atoms with Crippen LogP contribution in [0.5, 0.6) is 0 Å². The molecule has 0 unspecified atom stereocenters. The average Bonchev–Trinajstić information content (AvgIpc) is 2.40. The highest BCUT2D eigenvalue weighted by Gasteiger charge is 2.13. The first-order valence-electron chi connectivity index (χ1n) is 5.47. The quantitative estimate of drug-likeness (QED) is 0.804. The molecule has 2 aromatic carbocycles. The van der Waals surface area contributed by atoms with Crippen LogP contribution in [0.15, 0.2) is 36.4 Å². The van der Waals surface area contributed by atoms with Crippen molar-refractivity contribution in [2.45, 2.75) is 0 Å². The van der Waals surface area contributed by atoms with Crippen LogP contribution < -0.4 is 5.32 Å². The van der Waals surface area contributed by atoms with E-state index >= 15 is 0 Å². The van der Waals surface area contributed by atoms with Gasteiger partial charge in [0, 0.05) is 3.57 Å². The lowest BCUT2D eigenvalue weighted by Crippen LogP contribution is -2.14. The molecule has 20 heavy (non-hydrogen) atoms. The molecule has 0 saturated heterocycles. The first-order chi connectivity index (χ1) is 9.51. The van der Waals surface area contributed by atoms with Gasteiger partial charge in [-0.15, -0.1) is 0 Å². The second kappa shape index (κ2) is 5.96. The minimum Gasteiger partial charge on any atom is -0.319 e. The number of carbonyl (C=O) groups is 1. The predicted molar refractivity (Wildman–Crippen MR) is 78.2 cm³/mol. The van der Waals surface area contributed by atoms with Crippen molar-refractivity contribution in [3.05, 3.63) is 62.7 Å². The number of nitriles is 1. The number of hydrogen-bond donors (Lipinski definition) is 1. The Morgan fingerprint density at radius 2 is 1.95 bits per heavy atom. The molecule has 2 rings (SSSR count). The number of rotatable bonds is 2. The molecule has 0 spiro atoms. The molecule has 0 aromatic heterocycles. The summed E-state index contributed by atoms with van der Waals surface area (Å²) in [6, 6.07) is 9.24. The van der Waals surface area contributed by atoms with Gasteiger partial charge in [-0.3, -0.25) is 4.79 Å². The van der Waals surface area contributed by atoms with E-state index in [0.717, 1.165) is 12.1 Å². The second-order valence-electron chi connectivity index (χ2n) is 3.88. The summed E-state index contributed by atoms with van der Waals surface area (Å²) in [4.78, 5) is 12.0. The van der Waals surface area contributed by atoms with Crippen molar-refractivity contribution in [2.75, 3.05) is 5.32 Å². The molecule has 0 aliphatic rings. The summed E-state index contributed by atoms with van der Waals surface area (Å²) in [5.41, 5.74) is 0.377. The summed E-state index contributed by atoms with van der Waals surface area (Å²) in [6.07, 6.45) is 0. The van der Waals surface area contributed by atoms with Crippen molar-refractivity contribution in [2.24, 2.45) is 0 Å². The summed E-state index contributed by atoms with van der Waals surface area (Å²) in [7, 11) is 0. The summed E-state index contributed by atoms with van der Waals surface area (Å²) in [6.45, 7) is 0. The fraction of sp³-hybridized carbons (Fsp3) is 0. The lowest BCUT2D eigenvalue weighted by Gasteiger charge is -2.08. The Hall–Kier alpha value is -2.01. The number of halogens is 3. The van der Waals surface area contributed by atoms with Crippen LogP contribution in [0.3, 0.4) is 0 Å². The van der Waals surface area contributed by atoms with E-state index in [4.69, 9.17) is 5.26 Å². The fourth-order valence-corrected chi connectivity index (χ4v) is 2.27. The third kappa shape index (κ3) is 3.11. The van der Waals surface area contributed by atoms with Crippen LogP contribution in [-0.4, -0.2) is 5.91 Å². The maximum Gasteiger partial charge on any atom is 0.256 e. The van der Waals surface area contributed by atoms with Crippen LogP contribution in [-0.2, 0) is 0 Å². The van der Waals surface area contributed by atoms with Gasteiger partial charge in [0.05, 0.1) is 22.9 Å². The van der Waals surface area contributed by atoms with E-state index in [2.05, 4.69) is 5.32 Å². The molecule has 100 valence electrons. The van der Waals surface area contributed by atoms with Crippen LogP contribution in [0.2, 0.25) is 0 Å². The molecule has 0 saturated carbocycles. The highest BCUT2D eigenvalue weighted by molar-refractivity contribution is 14.1. The minimum atomic E-state index is -0.700. The number of benzene rings is 2. The second-order valence-corrected chi connectivity index (χ2v) is 5.05. The summed E-state index contributed by atoms with van der Waals surface area (Å²) in [5.74, 6) is -1.69. The lowest BCUT2D eigenvalue weighted by atomic mass is 10.2. The molecule has 0 atom stereocenters. The molecule has 2 aromatic rings. The summed E-state index contributed by atoms with van der Waals surface area (Å²) in [5, 5.41) is 11.0.